The van der Waals surface area contributed by atoms with E-state index in [2.05, 4.69) is 33.2 Å². The molecule has 18 heavy (non-hydrogen) atoms. The average molecular weight is 317 g/mol. The molecule has 0 radical (unpaired) electrons. The van der Waals surface area contributed by atoms with E-state index in [4.69, 9.17) is 4.74 Å². The smallest absolute Gasteiger partial charge is 0.137 e. The molecular formula is C13H18BrFN2O. The zero-order valence-corrected chi connectivity index (χ0v) is 12.0. The van der Waals surface area contributed by atoms with Crippen molar-refractivity contribution >= 4 is 15.9 Å². The first-order valence-corrected chi connectivity index (χ1v) is 6.89. The van der Waals surface area contributed by atoms with Crippen molar-refractivity contribution in [1.29, 1.82) is 0 Å². The molecule has 3 nitrogen and oxygen atoms in total. The van der Waals surface area contributed by atoms with Crippen LogP contribution in [0.2, 0.25) is 0 Å². The van der Waals surface area contributed by atoms with E-state index in [1.807, 2.05) is 6.07 Å². The van der Waals surface area contributed by atoms with Crippen LogP contribution in [0.4, 0.5) is 4.39 Å². The Kier molecular flexibility index (Phi) is 5.12. The predicted octanol–water partition coefficient (Wildman–Crippen LogP) is 2.01. The number of nitrogens with one attached hydrogen (secondary N) is 1. The van der Waals surface area contributed by atoms with Gasteiger partial charge < -0.3 is 15.0 Å². The molecule has 1 aromatic rings. The lowest BCUT2D eigenvalue weighted by molar-refractivity contribution is -0.0182. The molecule has 1 fully saturated rings. The molecule has 1 atom stereocenters. The van der Waals surface area contributed by atoms with Crippen molar-refractivity contribution in [3.63, 3.8) is 0 Å². The summed E-state index contributed by atoms with van der Waals surface area (Å²) >= 11 is 3.15. The fraction of sp³-hybridized carbons (Fsp3) is 0.538. The summed E-state index contributed by atoms with van der Waals surface area (Å²) in [7, 11) is 2.10. The Labute approximate surface area is 115 Å². The van der Waals surface area contributed by atoms with Crippen LogP contribution in [0.25, 0.3) is 0 Å². The number of nitrogens with zero attached hydrogens (tertiary/aromatic N) is 1. The number of hydrogen-bond acceptors (Lipinski definition) is 3. The molecule has 1 heterocycles. The van der Waals surface area contributed by atoms with Crippen molar-refractivity contribution in [3.8, 4) is 0 Å². The molecule has 100 valence electrons. The van der Waals surface area contributed by atoms with E-state index >= 15 is 0 Å². The molecule has 0 saturated carbocycles. The first kappa shape index (κ1) is 13.9. The molecular weight excluding hydrogens is 299 g/mol. The third-order valence-electron chi connectivity index (χ3n) is 3.03. The molecule has 0 aliphatic carbocycles. The number of hydrogen-bond donors (Lipinski definition) is 1. The van der Waals surface area contributed by atoms with Crippen LogP contribution in [-0.4, -0.2) is 44.3 Å². The molecule has 0 aromatic heterocycles. The highest BCUT2D eigenvalue weighted by molar-refractivity contribution is 9.10. The molecule has 1 unspecified atom stereocenters. The van der Waals surface area contributed by atoms with E-state index in [1.165, 1.54) is 0 Å². The highest BCUT2D eigenvalue weighted by atomic mass is 79.9. The predicted molar refractivity (Wildman–Crippen MR) is 73.0 cm³/mol. The fourth-order valence-electron chi connectivity index (χ4n) is 2.02. The van der Waals surface area contributed by atoms with Crippen molar-refractivity contribution in [1.82, 2.24) is 10.2 Å². The van der Waals surface area contributed by atoms with Crippen LogP contribution < -0.4 is 5.32 Å². The zero-order valence-electron chi connectivity index (χ0n) is 10.5. The van der Waals surface area contributed by atoms with Gasteiger partial charge >= 0.3 is 0 Å². The Morgan fingerprint density at radius 2 is 2.39 bits per heavy atom. The Hall–Kier alpha value is -0.490. The van der Waals surface area contributed by atoms with Crippen molar-refractivity contribution in [2.24, 2.45) is 0 Å². The normalized spacial score (nSPS) is 21.2. The second kappa shape index (κ2) is 6.61. The summed E-state index contributed by atoms with van der Waals surface area (Å²) in [5.74, 6) is -0.219. The lowest BCUT2D eigenvalue weighted by Crippen LogP contribution is -2.44. The van der Waals surface area contributed by atoms with Gasteiger partial charge in [0.15, 0.2) is 0 Å². The van der Waals surface area contributed by atoms with Gasteiger partial charge in [-0.25, -0.2) is 4.39 Å². The van der Waals surface area contributed by atoms with E-state index in [0.717, 1.165) is 31.8 Å². The van der Waals surface area contributed by atoms with Gasteiger partial charge in [0.05, 0.1) is 17.2 Å². The molecule has 1 aliphatic rings. The second-order valence-electron chi connectivity index (χ2n) is 4.63. The van der Waals surface area contributed by atoms with Crippen molar-refractivity contribution in [2.75, 3.05) is 33.3 Å². The van der Waals surface area contributed by atoms with Crippen LogP contribution in [0.1, 0.15) is 5.56 Å². The Morgan fingerprint density at radius 1 is 1.56 bits per heavy atom. The fourth-order valence-corrected chi connectivity index (χ4v) is 2.26. The van der Waals surface area contributed by atoms with E-state index in [1.54, 1.807) is 12.1 Å². The first-order valence-electron chi connectivity index (χ1n) is 6.10. The minimum atomic E-state index is -0.219. The SMILES string of the molecule is CN1CCOC(CNCc2ccc(Br)c(F)c2)C1. The molecule has 0 bridgehead atoms. The van der Waals surface area contributed by atoms with E-state index in [-0.39, 0.29) is 11.9 Å². The quantitative estimate of drug-likeness (QED) is 0.919. The lowest BCUT2D eigenvalue weighted by Gasteiger charge is -2.30. The van der Waals surface area contributed by atoms with Gasteiger partial charge in [0.2, 0.25) is 0 Å². The average Bonchev–Trinajstić information content (AvgIpc) is 2.34. The van der Waals surface area contributed by atoms with Crippen LogP contribution in [0.3, 0.4) is 0 Å². The molecule has 2 rings (SSSR count). The number of likely N-dealkylation sites (N-methyl/N-ethyl adjacent to an activating group) is 1. The summed E-state index contributed by atoms with van der Waals surface area (Å²) in [6, 6.07) is 5.19. The highest BCUT2D eigenvalue weighted by Crippen LogP contribution is 2.16. The molecule has 1 saturated heterocycles. The molecule has 0 amide bonds. The molecule has 0 spiro atoms. The topological polar surface area (TPSA) is 24.5 Å². The maximum Gasteiger partial charge on any atom is 0.137 e. The highest BCUT2D eigenvalue weighted by Gasteiger charge is 2.16. The number of halogens is 2. The summed E-state index contributed by atoms with van der Waals surface area (Å²) in [5.41, 5.74) is 0.944. The molecule has 1 aliphatic heterocycles. The maximum absolute atomic E-state index is 13.3. The molecule has 1 N–H and O–H groups in total. The van der Waals surface area contributed by atoms with Crippen molar-refractivity contribution in [3.05, 3.63) is 34.1 Å². The van der Waals surface area contributed by atoms with Gasteiger partial charge in [0.1, 0.15) is 5.82 Å². The number of ether oxygens (including phenoxy) is 1. The third-order valence-corrected chi connectivity index (χ3v) is 3.67. The van der Waals surface area contributed by atoms with Gasteiger partial charge in [-0.2, -0.15) is 0 Å². The van der Waals surface area contributed by atoms with Gasteiger partial charge in [-0.15, -0.1) is 0 Å². The third kappa shape index (κ3) is 4.02. The van der Waals surface area contributed by atoms with Gasteiger partial charge in [-0.1, -0.05) is 6.07 Å². The van der Waals surface area contributed by atoms with Gasteiger partial charge in [-0.3, -0.25) is 0 Å². The summed E-state index contributed by atoms with van der Waals surface area (Å²) < 4.78 is 19.5. The minimum absolute atomic E-state index is 0.219. The van der Waals surface area contributed by atoms with Crippen LogP contribution >= 0.6 is 15.9 Å². The monoisotopic (exact) mass is 316 g/mol. The van der Waals surface area contributed by atoms with Crippen LogP contribution in [0, 0.1) is 5.82 Å². The van der Waals surface area contributed by atoms with Gasteiger partial charge in [0, 0.05) is 26.2 Å². The Bertz CT molecular complexity index is 403. The number of benzene rings is 1. The van der Waals surface area contributed by atoms with Gasteiger partial charge in [0.25, 0.3) is 0 Å². The van der Waals surface area contributed by atoms with E-state index in [0.29, 0.717) is 11.0 Å². The van der Waals surface area contributed by atoms with Crippen LogP contribution in [-0.2, 0) is 11.3 Å². The van der Waals surface area contributed by atoms with Crippen LogP contribution in [0.5, 0.6) is 0 Å². The van der Waals surface area contributed by atoms with Crippen molar-refractivity contribution < 1.29 is 9.13 Å². The number of morpholine rings is 1. The van der Waals surface area contributed by atoms with E-state index in [9.17, 15) is 4.39 Å². The van der Waals surface area contributed by atoms with Crippen LogP contribution in [0.15, 0.2) is 22.7 Å². The standard InChI is InChI=1S/C13H18BrFN2O/c1-17-4-5-18-11(9-17)8-16-7-10-2-3-12(14)13(15)6-10/h2-3,6,11,16H,4-5,7-9H2,1H3. The zero-order chi connectivity index (χ0) is 13.0. The minimum Gasteiger partial charge on any atom is -0.374 e. The molecule has 5 heteroatoms. The summed E-state index contributed by atoms with van der Waals surface area (Å²) in [4.78, 5) is 2.26. The lowest BCUT2D eigenvalue weighted by atomic mass is 10.2. The largest absolute Gasteiger partial charge is 0.374 e. The van der Waals surface area contributed by atoms with E-state index < -0.39 is 0 Å². The van der Waals surface area contributed by atoms with Crippen molar-refractivity contribution in [2.45, 2.75) is 12.6 Å². The Morgan fingerprint density at radius 3 is 3.11 bits per heavy atom. The second-order valence-corrected chi connectivity index (χ2v) is 5.49. The maximum atomic E-state index is 13.3. The first-order chi connectivity index (χ1) is 8.65. The van der Waals surface area contributed by atoms with Gasteiger partial charge in [-0.05, 0) is 40.7 Å². The summed E-state index contributed by atoms with van der Waals surface area (Å²) in [5, 5.41) is 3.30. The summed E-state index contributed by atoms with van der Waals surface area (Å²) in [6.07, 6.45) is 0.226. The molecule has 1 aromatic carbocycles. The summed E-state index contributed by atoms with van der Waals surface area (Å²) in [6.45, 7) is 4.18. The number of rotatable bonds is 4. The Balaban J connectivity index is 1.76.